The highest BCUT2D eigenvalue weighted by Crippen LogP contribution is 2.21. The Labute approximate surface area is 156 Å². The lowest BCUT2D eigenvalue weighted by molar-refractivity contribution is 0.543. The molecular weight excluding hydrogens is 340 g/mol. The number of H-pyrrole nitrogens is 1. The van der Waals surface area contributed by atoms with Gasteiger partial charge in [-0.25, -0.2) is 19.6 Å². The van der Waals surface area contributed by atoms with Crippen LogP contribution in [0.1, 0.15) is 26.6 Å². The van der Waals surface area contributed by atoms with Gasteiger partial charge in [-0.2, -0.15) is 10.2 Å². The van der Waals surface area contributed by atoms with Crippen LogP contribution in [0.2, 0.25) is 0 Å². The first-order valence-corrected chi connectivity index (χ1v) is 8.61. The molecule has 0 spiro atoms. The van der Waals surface area contributed by atoms with E-state index in [1.165, 1.54) is 0 Å². The van der Waals surface area contributed by atoms with Gasteiger partial charge in [-0.1, -0.05) is 20.8 Å². The predicted molar refractivity (Wildman–Crippen MR) is 103 cm³/mol. The minimum Gasteiger partial charge on any atom is -0.324 e. The zero-order valence-electron chi connectivity index (χ0n) is 15.4. The monoisotopic (exact) mass is 360 g/mol. The molecule has 3 aromatic heterocycles. The molecule has 0 aliphatic carbocycles. The predicted octanol–water partition coefficient (Wildman–Crippen LogP) is 3.49. The van der Waals surface area contributed by atoms with E-state index in [1.807, 2.05) is 30.3 Å². The van der Waals surface area contributed by atoms with Gasteiger partial charge >= 0.3 is 0 Å². The SMILES string of the molecule is CC(C)(C)c1ncn(-c2ccc(Nc3nccc(-c4cn[nH]c4)n3)cc2)n1. The van der Waals surface area contributed by atoms with Crippen LogP contribution in [0.25, 0.3) is 16.9 Å². The zero-order valence-corrected chi connectivity index (χ0v) is 15.4. The fourth-order valence-electron chi connectivity index (χ4n) is 2.53. The normalized spacial score (nSPS) is 11.5. The third-order valence-electron chi connectivity index (χ3n) is 4.00. The maximum atomic E-state index is 4.56. The van der Waals surface area contributed by atoms with Crippen LogP contribution in [0.4, 0.5) is 11.6 Å². The van der Waals surface area contributed by atoms with E-state index in [-0.39, 0.29) is 5.41 Å². The smallest absolute Gasteiger partial charge is 0.227 e. The molecule has 0 saturated carbocycles. The number of aromatic amines is 1. The number of hydrogen-bond donors (Lipinski definition) is 2. The topological polar surface area (TPSA) is 97.2 Å². The van der Waals surface area contributed by atoms with Crippen molar-refractivity contribution in [1.82, 2.24) is 34.9 Å². The quantitative estimate of drug-likeness (QED) is 0.578. The van der Waals surface area contributed by atoms with Crippen molar-refractivity contribution in [3.8, 4) is 16.9 Å². The lowest BCUT2D eigenvalue weighted by Gasteiger charge is -2.12. The number of benzene rings is 1. The molecule has 0 atom stereocenters. The van der Waals surface area contributed by atoms with Gasteiger partial charge in [-0.3, -0.25) is 5.10 Å². The van der Waals surface area contributed by atoms with Gasteiger partial charge in [0, 0.05) is 29.1 Å². The highest BCUT2D eigenvalue weighted by atomic mass is 15.3. The van der Waals surface area contributed by atoms with Gasteiger partial charge in [-0.05, 0) is 30.3 Å². The summed E-state index contributed by atoms with van der Waals surface area (Å²) in [5.41, 5.74) is 3.46. The van der Waals surface area contributed by atoms with Crippen molar-refractivity contribution in [3.63, 3.8) is 0 Å². The minimum atomic E-state index is -0.0793. The zero-order chi connectivity index (χ0) is 18.9. The lowest BCUT2D eigenvalue weighted by atomic mass is 9.96. The van der Waals surface area contributed by atoms with E-state index in [9.17, 15) is 0 Å². The summed E-state index contributed by atoms with van der Waals surface area (Å²) in [7, 11) is 0. The standard InChI is InChI=1S/C19H20N8/c1-19(2,3)17-21-12-27(26-17)15-6-4-14(5-7-15)24-18-20-9-8-16(25-18)13-10-22-23-11-13/h4-12H,1-3H3,(H,22,23)(H,20,24,25). The summed E-state index contributed by atoms with van der Waals surface area (Å²) in [6.45, 7) is 6.28. The second-order valence-corrected chi connectivity index (χ2v) is 7.19. The van der Waals surface area contributed by atoms with Crippen molar-refractivity contribution in [2.45, 2.75) is 26.2 Å². The number of anilines is 2. The van der Waals surface area contributed by atoms with E-state index >= 15 is 0 Å². The number of aromatic nitrogens is 7. The second kappa shape index (κ2) is 6.64. The molecular formula is C19H20N8. The molecule has 0 saturated heterocycles. The van der Waals surface area contributed by atoms with Crippen molar-refractivity contribution in [3.05, 3.63) is 61.1 Å². The molecule has 2 N–H and O–H groups in total. The summed E-state index contributed by atoms with van der Waals surface area (Å²) in [5, 5.41) is 14.5. The summed E-state index contributed by atoms with van der Waals surface area (Å²) >= 11 is 0. The van der Waals surface area contributed by atoms with E-state index in [1.54, 1.807) is 29.6 Å². The van der Waals surface area contributed by atoms with E-state index in [2.05, 4.69) is 56.3 Å². The van der Waals surface area contributed by atoms with Crippen LogP contribution < -0.4 is 5.32 Å². The molecule has 4 aromatic rings. The van der Waals surface area contributed by atoms with Crippen molar-refractivity contribution >= 4 is 11.6 Å². The molecule has 0 fully saturated rings. The maximum absolute atomic E-state index is 4.56. The van der Waals surface area contributed by atoms with Crippen LogP contribution in [0.5, 0.6) is 0 Å². The average Bonchev–Trinajstić information content (AvgIpc) is 3.34. The van der Waals surface area contributed by atoms with E-state index in [0.29, 0.717) is 5.95 Å². The van der Waals surface area contributed by atoms with Crippen LogP contribution in [-0.4, -0.2) is 34.9 Å². The molecule has 0 bridgehead atoms. The van der Waals surface area contributed by atoms with Gasteiger partial charge in [0.2, 0.25) is 5.95 Å². The Morgan fingerprint density at radius 2 is 1.85 bits per heavy atom. The van der Waals surface area contributed by atoms with Crippen molar-refractivity contribution < 1.29 is 0 Å². The number of rotatable bonds is 4. The average molecular weight is 360 g/mol. The molecule has 4 rings (SSSR count). The molecule has 8 heteroatoms. The van der Waals surface area contributed by atoms with Crippen LogP contribution in [0.15, 0.2) is 55.2 Å². The van der Waals surface area contributed by atoms with E-state index in [4.69, 9.17) is 0 Å². The van der Waals surface area contributed by atoms with Crippen molar-refractivity contribution in [2.75, 3.05) is 5.32 Å². The van der Waals surface area contributed by atoms with Crippen molar-refractivity contribution in [2.24, 2.45) is 0 Å². The molecule has 0 radical (unpaired) electrons. The van der Waals surface area contributed by atoms with Crippen molar-refractivity contribution in [1.29, 1.82) is 0 Å². The van der Waals surface area contributed by atoms with Gasteiger partial charge in [0.1, 0.15) is 6.33 Å². The Balaban J connectivity index is 1.52. The van der Waals surface area contributed by atoms with Crippen LogP contribution >= 0.6 is 0 Å². The lowest BCUT2D eigenvalue weighted by Crippen LogP contribution is -2.14. The summed E-state index contributed by atoms with van der Waals surface area (Å²) in [6, 6.07) is 9.72. The molecule has 27 heavy (non-hydrogen) atoms. The van der Waals surface area contributed by atoms with Gasteiger partial charge in [-0.15, -0.1) is 0 Å². The minimum absolute atomic E-state index is 0.0793. The molecule has 136 valence electrons. The second-order valence-electron chi connectivity index (χ2n) is 7.19. The molecule has 0 amide bonds. The van der Waals surface area contributed by atoms with Crippen LogP contribution in [0, 0.1) is 0 Å². The molecule has 0 unspecified atom stereocenters. The highest BCUT2D eigenvalue weighted by molar-refractivity contribution is 5.61. The van der Waals surface area contributed by atoms with Crippen LogP contribution in [0.3, 0.4) is 0 Å². The third kappa shape index (κ3) is 3.69. The summed E-state index contributed by atoms with van der Waals surface area (Å²) in [5.74, 6) is 1.34. The Hall–Kier alpha value is -3.55. The fraction of sp³-hybridized carbons (Fsp3) is 0.211. The Morgan fingerprint density at radius 3 is 2.52 bits per heavy atom. The van der Waals surface area contributed by atoms with Gasteiger partial charge < -0.3 is 5.32 Å². The Bertz CT molecular complexity index is 1030. The first-order chi connectivity index (χ1) is 13.0. The Kier molecular flexibility index (Phi) is 4.15. The number of nitrogens with one attached hydrogen (secondary N) is 2. The number of hydrogen-bond acceptors (Lipinski definition) is 6. The summed E-state index contributed by atoms with van der Waals surface area (Å²) < 4.78 is 1.78. The van der Waals surface area contributed by atoms with Gasteiger partial charge in [0.05, 0.1) is 17.6 Å². The van der Waals surface area contributed by atoms with Gasteiger partial charge in [0.15, 0.2) is 5.82 Å². The first-order valence-electron chi connectivity index (χ1n) is 8.61. The third-order valence-corrected chi connectivity index (χ3v) is 4.00. The highest BCUT2D eigenvalue weighted by Gasteiger charge is 2.18. The molecule has 8 nitrogen and oxygen atoms in total. The molecule has 0 aliphatic rings. The molecule has 0 aliphatic heterocycles. The molecule has 3 heterocycles. The number of nitrogens with zero attached hydrogens (tertiary/aromatic N) is 6. The summed E-state index contributed by atoms with van der Waals surface area (Å²) in [4.78, 5) is 13.2. The molecule has 1 aromatic carbocycles. The van der Waals surface area contributed by atoms with Gasteiger partial charge in [0.25, 0.3) is 0 Å². The Morgan fingerprint density at radius 1 is 1.04 bits per heavy atom. The van der Waals surface area contributed by atoms with E-state index in [0.717, 1.165) is 28.5 Å². The summed E-state index contributed by atoms with van der Waals surface area (Å²) in [6.07, 6.45) is 6.98. The largest absolute Gasteiger partial charge is 0.324 e. The maximum Gasteiger partial charge on any atom is 0.227 e. The first kappa shape index (κ1) is 16.9. The van der Waals surface area contributed by atoms with E-state index < -0.39 is 0 Å². The fourth-order valence-corrected chi connectivity index (χ4v) is 2.53. The van der Waals surface area contributed by atoms with Crippen LogP contribution in [-0.2, 0) is 5.41 Å².